The van der Waals surface area contributed by atoms with Crippen molar-refractivity contribution < 1.29 is 33.6 Å². The van der Waals surface area contributed by atoms with Gasteiger partial charge >= 0.3 is 11.9 Å². The summed E-state index contributed by atoms with van der Waals surface area (Å²) in [5.41, 5.74) is 0.150. The molecule has 2 rings (SSSR count). The number of rotatable bonds is 4. The van der Waals surface area contributed by atoms with Gasteiger partial charge in [-0.05, 0) is 12.1 Å². The standard InChI is InChI=1S/C12H12O7/c1-8(13)18-10-5-3-2-4-9(10)12(14)15-6-11-16-7-17-19-11/h2-5,11H,6-7H2,1H3. The Hall–Kier alpha value is -1.96. The van der Waals surface area contributed by atoms with Crippen molar-refractivity contribution in [3.05, 3.63) is 29.8 Å². The molecule has 1 fully saturated rings. The molecule has 0 radical (unpaired) electrons. The van der Waals surface area contributed by atoms with Crippen molar-refractivity contribution in [1.82, 2.24) is 0 Å². The Morgan fingerprint density at radius 2 is 2.16 bits per heavy atom. The van der Waals surface area contributed by atoms with Crippen LogP contribution in [-0.2, 0) is 24.0 Å². The lowest BCUT2D eigenvalue weighted by Crippen LogP contribution is -2.20. The Balaban J connectivity index is 1.99. The fraction of sp³-hybridized carbons (Fsp3) is 0.333. The maximum absolute atomic E-state index is 11.8. The predicted molar refractivity (Wildman–Crippen MR) is 59.9 cm³/mol. The minimum Gasteiger partial charge on any atom is -0.456 e. The summed E-state index contributed by atoms with van der Waals surface area (Å²) in [6, 6.07) is 6.28. The summed E-state index contributed by atoms with van der Waals surface area (Å²) >= 11 is 0. The summed E-state index contributed by atoms with van der Waals surface area (Å²) in [6.45, 7) is 1.12. The van der Waals surface area contributed by atoms with Gasteiger partial charge in [-0.1, -0.05) is 12.1 Å². The average Bonchev–Trinajstić information content (AvgIpc) is 2.89. The first kappa shape index (κ1) is 13.5. The summed E-state index contributed by atoms with van der Waals surface area (Å²) in [5, 5.41) is 0. The van der Waals surface area contributed by atoms with E-state index in [4.69, 9.17) is 14.2 Å². The SMILES string of the molecule is CC(=O)Oc1ccccc1C(=O)OCC1OCOO1. The van der Waals surface area contributed by atoms with Gasteiger partial charge < -0.3 is 14.2 Å². The number of esters is 2. The normalized spacial score (nSPS) is 18.1. The second-order valence-corrected chi connectivity index (χ2v) is 3.62. The van der Waals surface area contributed by atoms with Gasteiger partial charge in [0, 0.05) is 6.92 Å². The molecule has 1 saturated heterocycles. The summed E-state index contributed by atoms with van der Waals surface area (Å²) < 4.78 is 14.8. The zero-order valence-electron chi connectivity index (χ0n) is 10.2. The quantitative estimate of drug-likeness (QED) is 0.458. The van der Waals surface area contributed by atoms with E-state index in [0.29, 0.717) is 0 Å². The van der Waals surface area contributed by atoms with Crippen LogP contribution < -0.4 is 4.74 Å². The van der Waals surface area contributed by atoms with Crippen LogP contribution in [0.1, 0.15) is 17.3 Å². The third-order valence-corrected chi connectivity index (χ3v) is 2.19. The molecule has 1 aromatic carbocycles. The van der Waals surface area contributed by atoms with E-state index in [-0.39, 0.29) is 24.7 Å². The highest BCUT2D eigenvalue weighted by Crippen LogP contribution is 2.19. The molecule has 1 aromatic rings. The van der Waals surface area contributed by atoms with Crippen LogP contribution >= 0.6 is 0 Å². The molecule has 1 aliphatic rings. The number of ether oxygens (including phenoxy) is 3. The molecule has 0 aliphatic carbocycles. The lowest BCUT2D eigenvalue weighted by molar-refractivity contribution is -0.281. The van der Waals surface area contributed by atoms with Crippen molar-refractivity contribution in [1.29, 1.82) is 0 Å². The molecular formula is C12H12O7. The van der Waals surface area contributed by atoms with E-state index in [0.717, 1.165) is 0 Å². The van der Waals surface area contributed by atoms with Crippen LogP contribution in [0.2, 0.25) is 0 Å². The van der Waals surface area contributed by atoms with E-state index in [9.17, 15) is 9.59 Å². The van der Waals surface area contributed by atoms with Gasteiger partial charge in [0.15, 0.2) is 6.79 Å². The zero-order chi connectivity index (χ0) is 13.7. The molecule has 7 nitrogen and oxygen atoms in total. The summed E-state index contributed by atoms with van der Waals surface area (Å²) in [4.78, 5) is 31.9. The van der Waals surface area contributed by atoms with Crippen molar-refractivity contribution in [3.63, 3.8) is 0 Å². The Bertz CT molecular complexity index is 465. The van der Waals surface area contributed by atoms with Crippen molar-refractivity contribution in [3.8, 4) is 5.75 Å². The average molecular weight is 268 g/mol. The van der Waals surface area contributed by atoms with Crippen LogP contribution in [0.15, 0.2) is 24.3 Å². The number of carbonyl (C=O) groups excluding carboxylic acids is 2. The number of hydrogen-bond donors (Lipinski definition) is 0. The fourth-order valence-electron chi connectivity index (χ4n) is 1.41. The zero-order valence-corrected chi connectivity index (χ0v) is 10.2. The Morgan fingerprint density at radius 1 is 1.37 bits per heavy atom. The van der Waals surface area contributed by atoms with E-state index in [1.165, 1.54) is 19.1 Å². The second kappa shape index (κ2) is 6.28. The smallest absolute Gasteiger partial charge is 0.342 e. The maximum Gasteiger partial charge on any atom is 0.342 e. The third-order valence-electron chi connectivity index (χ3n) is 2.19. The molecule has 0 aromatic heterocycles. The first-order valence-corrected chi connectivity index (χ1v) is 5.51. The highest BCUT2D eigenvalue weighted by Gasteiger charge is 2.21. The number of para-hydroxylation sites is 1. The Morgan fingerprint density at radius 3 is 2.84 bits per heavy atom. The summed E-state index contributed by atoms with van der Waals surface area (Å²) in [6.07, 6.45) is -0.746. The molecule has 0 amide bonds. The maximum atomic E-state index is 11.8. The highest BCUT2D eigenvalue weighted by atomic mass is 17.3. The number of carbonyl (C=O) groups is 2. The minimum absolute atomic E-state index is 0.00769. The van der Waals surface area contributed by atoms with Crippen molar-refractivity contribution in [2.75, 3.05) is 13.4 Å². The van der Waals surface area contributed by atoms with Gasteiger partial charge in [-0.2, -0.15) is 4.89 Å². The molecule has 1 atom stereocenters. The molecule has 102 valence electrons. The Kier molecular flexibility index (Phi) is 4.45. The van der Waals surface area contributed by atoms with Gasteiger partial charge in [0.1, 0.15) is 17.9 Å². The first-order valence-electron chi connectivity index (χ1n) is 5.51. The van der Waals surface area contributed by atoms with Gasteiger partial charge in [-0.3, -0.25) is 4.79 Å². The lowest BCUT2D eigenvalue weighted by Gasteiger charge is -2.10. The van der Waals surface area contributed by atoms with Gasteiger partial charge in [0.05, 0.1) is 0 Å². The molecule has 7 heteroatoms. The molecule has 1 unspecified atom stereocenters. The van der Waals surface area contributed by atoms with E-state index < -0.39 is 18.2 Å². The van der Waals surface area contributed by atoms with E-state index in [1.807, 2.05) is 0 Å². The fourth-order valence-corrected chi connectivity index (χ4v) is 1.41. The van der Waals surface area contributed by atoms with Crippen LogP contribution in [0.4, 0.5) is 0 Å². The van der Waals surface area contributed by atoms with Gasteiger partial charge in [0.2, 0.25) is 6.29 Å². The molecule has 1 aliphatic heterocycles. The molecule has 19 heavy (non-hydrogen) atoms. The van der Waals surface area contributed by atoms with Crippen molar-refractivity contribution >= 4 is 11.9 Å². The monoisotopic (exact) mass is 268 g/mol. The van der Waals surface area contributed by atoms with Crippen LogP contribution in [-0.4, -0.2) is 31.6 Å². The molecular weight excluding hydrogens is 256 g/mol. The molecule has 0 N–H and O–H groups in total. The van der Waals surface area contributed by atoms with Crippen LogP contribution in [0.3, 0.4) is 0 Å². The van der Waals surface area contributed by atoms with Crippen LogP contribution in [0.5, 0.6) is 5.75 Å². The van der Waals surface area contributed by atoms with Gasteiger partial charge in [-0.25, -0.2) is 9.68 Å². The third kappa shape index (κ3) is 3.75. The summed E-state index contributed by atoms with van der Waals surface area (Å²) in [5.74, 6) is -1.02. The predicted octanol–water partition coefficient (Wildman–Crippen LogP) is 1.03. The molecule has 0 spiro atoms. The summed E-state index contributed by atoms with van der Waals surface area (Å²) in [7, 11) is 0. The van der Waals surface area contributed by atoms with E-state index >= 15 is 0 Å². The highest BCUT2D eigenvalue weighted by molar-refractivity contribution is 5.93. The molecule has 1 heterocycles. The topological polar surface area (TPSA) is 80.3 Å². The van der Waals surface area contributed by atoms with Gasteiger partial charge in [0.25, 0.3) is 0 Å². The lowest BCUT2D eigenvalue weighted by atomic mass is 10.2. The van der Waals surface area contributed by atoms with E-state index in [1.54, 1.807) is 12.1 Å². The molecule has 0 bridgehead atoms. The van der Waals surface area contributed by atoms with Crippen molar-refractivity contribution in [2.24, 2.45) is 0 Å². The second-order valence-electron chi connectivity index (χ2n) is 3.62. The first-order chi connectivity index (χ1) is 9.16. The van der Waals surface area contributed by atoms with Crippen LogP contribution in [0.25, 0.3) is 0 Å². The van der Waals surface area contributed by atoms with Crippen molar-refractivity contribution in [2.45, 2.75) is 13.2 Å². The minimum atomic E-state index is -0.746. The van der Waals surface area contributed by atoms with Gasteiger partial charge in [-0.15, -0.1) is 0 Å². The van der Waals surface area contributed by atoms with Crippen LogP contribution in [0, 0.1) is 0 Å². The Labute approximate surface area is 108 Å². The number of hydrogen-bond acceptors (Lipinski definition) is 7. The molecule has 0 saturated carbocycles. The number of benzene rings is 1. The largest absolute Gasteiger partial charge is 0.456 e. The van der Waals surface area contributed by atoms with E-state index in [2.05, 4.69) is 9.78 Å².